The van der Waals surface area contributed by atoms with Gasteiger partial charge in [0, 0.05) is 6.54 Å². The molecule has 0 bridgehead atoms. The van der Waals surface area contributed by atoms with Crippen molar-refractivity contribution in [2.45, 2.75) is 51.5 Å². The number of rotatable bonds is 6. The van der Waals surface area contributed by atoms with Crippen LogP contribution in [0.3, 0.4) is 0 Å². The molecule has 1 saturated carbocycles. The first kappa shape index (κ1) is 15.0. The Balaban J connectivity index is 2.10. The van der Waals surface area contributed by atoms with Crippen LogP contribution >= 0.6 is 0 Å². The van der Waals surface area contributed by atoms with Gasteiger partial charge < -0.3 is 11.1 Å². The van der Waals surface area contributed by atoms with E-state index in [-0.39, 0.29) is 17.4 Å². The van der Waals surface area contributed by atoms with Crippen LogP contribution in [0.1, 0.15) is 57.1 Å². The number of nitrogens with two attached hydrogens (primary N) is 1. The van der Waals surface area contributed by atoms with Gasteiger partial charge in [-0.05, 0) is 24.8 Å². The van der Waals surface area contributed by atoms with E-state index in [1.165, 1.54) is 5.56 Å². The van der Waals surface area contributed by atoms with Crippen molar-refractivity contribution in [3.63, 3.8) is 0 Å². The van der Waals surface area contributed by atoms with Gasteiger partial charge in [0.1, 0.15) is 0 Å². The average Bonchev–Trinajstić information content (AvgIpc) is 2.98. The fraction of sp³-hybridized carbons (Fsp3) is 0.588. The molecule has 0 aromatic heterocycles. The van der Waals surface area contributed by atoms with Crippen LogP contribution in [-0.4, -0.2) is 12.5 Å². The van der Waals surface area contributed by atoms with Crippen LogP contribution in [-0.2, 0) is 4.79 Å². The molecule has 0 spiro atoms. The number of amides is 1. The van der Waals surface area contributed by atoms with Crippen molar-refractivity contribution in [2.24, 2.45) is 11.1 Å². The minimum atomic E-state index is -0.319. The molecule has 0 aliphatic heterocycles. The summed E-state index contributed by atoms with van der Waals surface area (Å²) in [7, 11) is 0. The van der Waals surface area contributed by atoms with Gasteiger partial charge in [0.2, 0.25) is 5.91 Å². The quantitative estimate of drug-likeness (QED) is 0.837. The molecule has 1 fully saturated rings. The number of carbonyl (C=O) groups excluding carboxylic acids is 1. The molecule has 1 aromatic rings. The van der Waals surface area contributed by atoms with Crippen LogP contribution in [0, 0.1) is 5.41 Å². The highest BCUT2D eigenvalue weighted by atomic mass is 16.2. The van der Waals surface area contributed by atoms with E-state index in [2.05, 4.69) is 24.4 Å². The summed E-state index contributed by atoms with van der Waals surface area (Å²) in [5.74, 6) is 0.153. The van der Waals surface area contributed by atoms with Crippen molar-refractivity contribution in [3.8, 4) is 0 Å². The van der Waals surface area contributed by atoms with E-state index in [9.17, 15) is 4.79 Å². The van der Waals surface area contributed by atoms with Gasteiger partial charge in [-0.15, -0.1) is 0 Å². The summed E-state index contributed by atoms with van der Waals surface area (Å²) in [5, 5.41) is 3.25. The van der Waals surface area contributed by atoms with E-state index in [4.69, 9.17) is 5.73 Å². The molecule has 1 aromatic carbocycles. The van der Waals surface area contributed by atoms with Crippen molar-refractivity contribution in [3.05, 3.63) is 35.9 Å². The number of hydrogen-bond acceptors (Lipinski definition) is 2. The Labute approximate surface area is 121 Å². The molecule has 2 rings (SSSR count). The summed E-state index contributed by atoms with van der Waals surface area (Å²) < 4.78 is 0. The molecule has 1 aliphatic rings. The van der Waals surface area contributed by atoms with Gasteiger partial charge >= 0.3 is 0 Å². The van der Waals surface area contributed by atoms with Gasteiger partial charge in [-0.1, -0.05) is 56.5 Å². The van der Waals surface area contributed by atoms with Crippen LogP contribution in [0.15, 0.2) is 30.3 Å². The van der Waals surface area contributed by atoms with E-state index >= 15 is 0 Å². The molecule has 0 radical (unpaired) electrons. The van der Waals surface area contributed by atoms with Crippen molar-refractivity contribution < 1.29 is 4.79 Å². The largest absolute Gasteiger partial charge is 0.349 e. The van der Waals surface area contributed by atoms with Gasteiger partial charge in [0.05, 0.1) is 11.5 Å². The fourth-order valence-corrected chi connectivity index (χ4v) is 3.18. The predicted octanol–water partition coefficient (Wildman–Crippen LogP) is 3.16. The zero-order valence-corrected chi connectivity index (χ0v) is 12.4. The van der Waals surface area contributed by atoms with E-state index in [1.807, 2.05) is 18.2 Å². The molecular weight excluding hydrogens is 248 g/mol. The third-order valence-electron chi connectivity index (χ3n) is 4.52. The highest BCUT2D eigenvalue weighted by Gasteiger charge is 2.40. The lowest BCUT2D eigenvalue weighted by atomic mass is 9.84. The number of hydrogen-bond donors (Lipinski definition) is 2. The molecule has 1 atom stereocenters. The summed E-state index contributed by atoms with van der Waals surface area (Å²) in [5.41, 5.74) is 6.77. The highest BCUT2D eigenvalue weighted by Crippen LogP contribution is 2.38. The molecule has 3 N–H and O–H groups in total. The first-order valence-electron chi connectivity index (χ1n) is 7.78. The summed E-state index contributed by atoms with van der Waals surface area (Å²) >= 11 is 0. The van der Waals surface area contributed by atoms with E-state index in [1.54, 1.807) is 0 Å². The number of carbonyl (C=O) groups is 1. The van der Waals surface area contributed by atoms with Crippen LogP contribution in [0.2, 0.25) is 0 Å². The summed E-state index contributed by atoms with van der Waals surface area (Å²) in [4.78, 5) is 12.7. The normalized spacial score (nSPS) is 18.7. The second kappa shape index (κ2) is 6.89. The zero-order valence-electron chi connectivity index (χ0n) is 12.4. The molecular formula is C17H26N2O. The summed E-state index contributed by atoms with van der Waals surface area (Å²) in [6.07, 6.45) is 6.13. The maximum atomic E-state index is 12.7. The van der Waals surface area contributed by atoms with Crippen LogP contribution < -0.4 is 11.1 Å². The second-order valence-corrected chi connectivity index (χ2v) is 5.92. The number of benzene rings is 1. The summed E-state index contributed by atoms with van der Waals surface area (Å²) in [6.45, 7) is 2.61. The van der Waals surface area contributed by atoms with Crippen molar-refractivity contribution in [2.75, 3.05) is 6.54 Å². The Morgan fingerprint density at radius 3 is 2.50 bits per heavy atom. The molecule has 1 aliphatic carbocycles. The predicted molar refractivity (Wildman–Crippen MR) is 82.2 cm³/mol. The zero-order chi connectivity index (χ0) is 14.4. The Morgan fingerprint density at radius 2 is 1.95 bits per heavy atom. The lowest BCUT2D eigenvalue weighted by molar-refractivity contribution is -0.131. The van der Waals surface area contributed by atoms with Crippen LogP contribution in [0.4, 0.5) is 0 Å². The average molecular weight is 274 g/mol. The maximum absolute atomic E-state index is 12.7. The monoisotopic (exact) mass is 274 g/mol. The Kier molecular flexibility index (Phi) is 5.18. The van der Waals surface area contributed by atoms with Gasteiger partial charge in [-0.25, -0.2) is 0 Å². The van der Waals surface area contributed by atoms with Crippen LogP contribution in [0.5, 0.6) is 0 Å². The third-order valence-corrected chi connectivity index (χ3v) is 4.52. The standard InChI is InChI=1S/C17H26N2O/c1-2-8-15(14-9-4-3-5-10-14)19-16(20)17(13-18)11-6-7-12-17/h3-5,9-10,15H,2,6-8,11-13,18H2,1H3,(H,19,20). The smallest absolute Gasteiger partial charge is 0.227 e. The van der Waals surface area contributed by atoms with Crippen LogP contribution in [0.25, 0.3) is 0 Å². The molecule has 0 saturated heterocycles. The topological polar surface area (TPSA) is 55.1 Å². The van der Waals surface area contributed by atoms with Gasteiger partial charge in [-0.3, -0.25) is 4.79 Å². The minimum Gasteiger partial charge on any atom is -0.349 e. The molecule has 20 heavy (non-hydrogen) atoms. The highest BCUT2D eigenvalue weighted by molar-refractivity contribution is 5.83. The molecule has 110 valence electrons. The van der Waals surface area contributed by atoms with Gasteiger partial charge in [0.25, 0.3) is 0 Å². The lowest BCUT2D eigenvalue weighted by Crippen LogP contribution is -2.45. The first-order valence-corrected chi connectivity index (χ1v) is 7.78. The molecule has 0 heterocycles. The lowest BCUT2D eigenvalue weighted by Gasteiger charge is -2.29. The van der Waals surface area contributed by atoms with Crippen molar-refractivity contribution in [1.82, 2.24) is 5.32 Å². The fourth-order valence-electron chi connectivity index (χ4n) is 3.18. The molecule has 1 amide bonds. The SMILES string of the molecule is CCCC(NC(=O)C1(CN)CCCC1)c1ccccc1. The van der Waals surface area contributed by atoms with E-state index in [0.717, 1.165) is 38.5 Å². The van der Waals surface area contributed by atoms with Crippen molar-refractivity contribution in [1.29, 1.82) is 0 Å². The summed E-state index contributed by atoms with van der Waals surface area (Å²) in [6, 6.07) is 10.3. The van der Waals surface area contributed by atoms with Gasteiger partial charge in [0.15, 0.2) is 0 Å². The minimum absolute atomic E-state index is 0.109. The Hall–Kier alpha value is -1.35. The third kappa shape index (κ3) is 3.21. The van der Waals surface area contributed by atoms with Crippen molar-refractivity contribution >= 4 is 5.91 Å². The maximum Gasteiger partial charge on any atom is 0.227 e. The Bertz CT molecular complexity index is 424. The Morgan fingerprint density at radius 1 is 1.30 bits per heavy atom. The molecule has 3 heteroatoms. The van der Waals surface area contributed by atoms with E-state index in [0.29, 0.717) is 6.54 Å². The first-order chi connectivity index (χ1) is 9.72. The second-order valence-electron chi connectivity index (χ2n) is 5.92. The molecule has 1 unspecified atom stereocenters. The molecule has 3 nitrogen and oxygen atoms in total. The number of nitrogens with one attached hydrogen (secondary N) is 1. The van der Waals surface area contributed by atoms with E-state index < -0.39 is 0 Å². The van der Waals surface area contributed by atoms with Gasteiger partial charge in [-0.2, -0.15) is 0 Å².